The van der Waals surface area contributed by atoms with Crippen molar-refractivity contribution in [2.75, 3.05) is 11.5 Å². The Morgan fingerprint density at radius 2 is 2.13 bits per heavy atom. The molecule has 1 aliphatic rings. The molecule has 0 saturated heterocycles. The van der Waals surface area contributed by atoms with E-state index in [9.17, 15) is 14.9 Å². The van der Waals surface area contributed by atoms with Gasteiger partial charge in [-0.15, -0.1) is 10.2 Å². The minimum absolute atomic E-state index is 0.0105. The Hall–Kier alpha value is -3.53. The van der Waals surface area contributed by atoms with Crippen molar-refractivity contribution in [2.45, 2.75) is 33.4 Å². The van der Waals surface area contributed by atoms with Crippen LogP contribution in [-0.2, 0) is 17.9 Å². The number of ether oxygens (including phenoxy) is 1. The van der Waals surface area contributed by atoms with Gasteiger partial charge in [-0.2, -0.15) is 0 Å². The van der Waals surface area contributed by atoms with Crippen LogP contribution in [0.4, 0.5) is 11.4 Å². The summed E-state index contributed by atoms with van der Waals surface area (Å²) in [4.78, 5) is 29.3. The van der Waals surface area contributed by atoms with E-state index >= 15 is 0 Å². The van der Waals surface area contributed by atoms with Gasteiger partial charge in [0, 0.05) is 23.8 Å². The minimum atomic E-state index is -0.583. The molecule has 0 aliphatic carbocycles. The van der Waals surface area contributed by atoms with Crippen LogP contribution >= 0.6 is 11.6 Å². The summed E-state index contributed by atoms with van der Waals surface area (Å²) in [5.41, 5.74) is 1.60. The molecule has 0 fully saturated rings. The van der Waals surface area contributed by atoms with Crippen LogP contribution in [-0.4, -0.2) is 37.2 Å². The van der Waals surface area contributed by atoms with Gasteiger partial charge in [-0.05, 0) is 31.0 Å². The first-order valence-electron chi connectivity index (χ1n) is 9.65. The Balaban J connectivity index is 1.78. The molecule has 31 heavy (non-hydrogen) atoms. The van der Waals surface area contributed by atoms with Gasteiger partial charge in [0.25, 0.3) is 5.91 Å². The third-order valence-corrected chi connectivity index (χ3v) is 5.16. The van der Waals surface area contributed by atoms with Crippen molar-refractivity contribution in [2.24, 2.45) is 0 Å². The first kappa shape index (κ1) is 20.7. The monoisotopic (exact) mass is 442 g/mol. The highest BCUT2D eigenvalue weighted by molar-refractivity contribution is 6.31. The number of benzene rings is 1. The van der Waals surface area contributed by atoms with E-state index in [-0.39, 0.29) is 41.2 Å². The number of amides is 1. The Morgan fingerprint density at radius 1 is 1.32 bits per heavy atom. The highest BCUT2D eigenvalue weighted by Gasteiger charge is 2.33. The molecule has 160 valence electrons. The zero-order valence-electron chi connectivity index (χ0n) is 16.9. The third kappa shape index (κ3) is 3.81. The summed E-state index contributed by atoms with van der Waals surface area (Å²) in [6, 6.07) is 6.47. The van der Waals surface area contributed by atoms with Gasteiger partial charge in [-0.3, -0.25) is 24.8 Å². The highest BCUT2D eigenvalue weighted by atomic mass is 35.5. The quantitative estimate of drug-likeness (QED) is 0.423. The zero-order chi connectivity index (χ0) is 22.1. The summed E-state index contributed by atoms with van der Waals surface area (Å²) in [6.45, 7) is 4.33. The first-order valence-corrected chi connectivity index (χ1v) is 10.0. The normalized spacial score (nSPS) is 13.1. The van der Waals surface area contributed by atoms with E-state index in [2.05, 4.69) is 15.2 Å². The van der Waals surface area contributed by atoms with E-state index in [1.807, 2.05) is 30.5 Å². The lowest BCUT2D eigenvalue weighted by Gasteiger charge is -2.29. The number of anilines is 1. The molecule has 1 aliphatic heterocycles. The van der Waals surface area contributed by atoms with E-state index in [1.165, 1.54) is 17.0 Å². The molecule has 0 unspecified atom stereocenters. The summed E-state index contributed by atoms with van der Waals surface area (Å²) in [5, 5.41) is 20.2. The van der Waals surface area contributed by atoms with Gasteiger partial charge in [0.1, 0.15) is 5.69 Å². The van der Waals surface area contributed by atoms with Crippen molar-refractivity contribution in [1.29, 1.82) is 0 Å². The number of aryl methyl sites for hydroxylation is 1. The van der Waals surface area contributed by atoms with Crippen LogP contribution in [0.5, 0.6) is 5.75 Å². The lowest BCUT2D eigenvalue weighted by molar-refractivity contribution is -0.385. The lowest BCUT2D eigenvalue weighted by atomic mass is 10.2. The number of nitro benzene ring substituents is 1. The van der Waals surface area contributed by atoms with Gasteiger partial charge in [-0.1, -0.05) is 24.6 Å². The molecule has 0 atom stereocenters. The minimum Gasteiger partial charge on any atom is -0.475 e. The molecule has 1 amide bonds. The predicted octanol–water partition coefficient (Wildman–Crippen LogP) is 3.55. The van der Waals surface area contributed by atoms with Gasteiger partial charge in [0.2, 0.25) is 5.75 Å². The summed E-state index contributed by atoms with van der Waals surface area (Å²) in [7, 11) is 0. The number of fused-ring (bicyclic) bond motifs is 1. The van der Waals surface area contributed by atoms with Crippen LogP contribution in [0.1, 0.15) is 24.7 Å². The molecule has 4 rings (SSSR count). The number of hydrogen-bond acceptors (Lipinski definition) is 7. The van der Waals surface area contributed by atoms with Gasteiger partial charge in [0.15, 0.2) is 18.3 Å². The maximum Gasteiger partial charge on any atom is 0.314 e. The number of carbonyl (C=O) groups excluding carboxylic acids is 1. The molecule has 0 N–H and O–H groups in total. The fraction of sp³-hybridized carbons (Fsp3) is 0.300. The van der Waals surface area contributed by atoms with Gasteiger partial charge < -0.3 is 9.30 Å². The Labute approximate surface area is 182 Å². The molecule has 11 heteroatoms. The second kappa shape index (κ2) is 8.31. The van der Waals surface area contributed by atoms with Crippen molar-refractivity contribution in [3.05, 3.63) is 57.0 Å². The van der Waals surface area contributed by atoms with E-state index < -0.39 is 4.92 Å². The van der Waals surface area contributed by atoms with Crippen molar-refractivity contribution in [3.8, 4) is 17.3 Å². The Bertz CT molecular complexity index is 1180. The average molecular weight is 443 g/mol. The number of nitro groups is 1. The van der Waals surface area contributed by atoms with Crippen LogP contribution in [0.25, 0.3) is 11.5 Å². The zero-order valence-corrected chi connectivity index (χ0v) is 17.7. The Kier molecular flexibility index (Phi) is 5.55. The fourth-order valence-corrected chi connectivity index (χ4v) is 3.72. The molecule has 0 bridgehead atoms. The molecule has 2 aromatic heterocycles. The number of aromatic nitrogens is 4. The van der Waals surface area contributed by atoms with Crippen LogP contribution in [0.15, 0.2) is 30.5 Å². The van der Waals surface area contributed by atoms with E-state index in [4.69, 9.17) is 16.3 Å². The second-order valence-electron chi connectivity index (χ2n) is 7.06. The highest BCUT2D eigenvalue weighted by Crippen LogP contribution is 2.43. The molecule has 3 heterocycles. The molecular formula is C20H19ClN6O4. The van der Waals surface area contributed by atoms with Crippen molar-refractivity contribution in [3.63, 3.8) is 0 Å². The molecule has 1 aromatic carbocycles. The summed E-state index contributed by atoms with van der Waals surface area (Å²) in [6.07, 6.45) is 2.50. The van der Waals surface area contributed by atoms with Gasteiger partial charge in [-0.25, -0.2) is 0 Å². The number of pyridine rings is 1. The lowest BCUT2D eigenvalue weighted by Crippen LogP contribution is -2.39. The first-order chi connectivity index (χ1) is 14.9. The summed E-state index contributed by atoms with van der Waals surface area (Å²) >= 11 is 6.09. The number of hydrogen-bond donors (Lipinski definition) is 0. The molecular weight excluding hydrogens is 424 g/mol. The molecule has 10 nitrogen and oxygen atoms in total. The molecule has 0 spiro atoms. The Morgan fingerprint density at radius 3 is 2.84 bits per heavy atom. The standard InChI is InChI=1S/C20H19ClN6O4/c1-3-7-25-16(23-24-20(25)18-12(2)5-4-6-22-18)10-26-14-8-13(21)9-15(27(29)30)19(14)31-11-17(26)28/h4-6,8-9H,3,7,10-11H2,1-2H3. The van der Waals surface area contributed by atoms with Crippen LogP contribution in [0.2, 0.25) is 5.02 Å². The van der Waals surface area contributed by atoms with E-state index in [0.717, 1.165) is 12.0 Å². The van der Waals surface area contributed by atoms with Crippen LogP contribution < -0.4 is 9.64 Å². The van der Waals surface area contributed by atoms with E-state index in [0.29, 0.717) is 23.9 Å². The number of rotatable bonds is 6. The topological polar surface area (TPSA) is 116 Å². The molecule has 3 aromatic rings. The smallest absolute Gasteiger partial charge is 0.314 e. The maximum atomic E-state index is 12.7. The third-order valence-electron chi connectivity index (χ3n) is 4.94. The van der Waals surface area contributed by atoms with Gasteiger partial charge >= 0.3 is 5.69 Å². The van der Waals surface area contributed by atoms with Gasteiger partial charge in [0.05, 0.1) is 17.2 Å². The number of carbonyl (C=O) groups is 1. The second-order valence-corrected chi connectivity index (χ2v) is 7.50. The summed E-state index contributed by atoms with van der Waals surface area (Å²) < 4.78 is 7.29. The van der Waals surface area contributed by atoms with Crippen molar-refractivity contribution in [1.82, 2.24) is 19.7 Å². The fourth-order valence-electron chi connectivity index (χ4n) is 3.52. The molecule has 0 radical (unpaired) electrons. The largest absolute Gasteiger partial charge is 0.475 e. The van der Waals surface area contributed by atoms with Crippen molar-refractivity contribution < 1.29 is 14.5 Å². The summed E-state index contributed by atoms with van der Waals surface area (Å²) in [5.74, 6) is 0.792. The van der Waals surface area contributed by atoms with Crippen LogP contribution in [0.3, 0.4) is 0 Å². The molecule has 0 saturated carbocycles. The maximum absolute atomic E-state index is 12.7. The van der Waals surface area contributed by atoms with E-state index in [1.54, 1.807) is 6.20 Å². The predicted molar refractivity (Wildman–Crippen MR) is 113 cm³/mol. The number of nitrogens with zero attached hydrogens (tertiary/aromatic N) is 6. The SMILES string of the molecule is CCCn1c(CN2C(=O)COc3c2cc(Cl)cc3[N+](=O)[O-])nnc1-c1ncccc1C. The number of halogens is 1. The average Bonchev–Trinajstić information content (AvgIpc) is 3.12. The van der Waals surface area contributed by atoms with Crippen LogP contribution in [0, 0.1) is 17.0 Å². The van der Waals surface area contributed by atoms with Crippen molar-refractivity contribution >= 4 is 28.9 Å².